The monoisotopic (exact) mass is 328 g/mol. The van der Waals surface area contributed by atoms with E-state index in [-0.39, 0.29) is 12.1 Å². The summed E-state index contributed by atoms with van der Waals surface area (Å²) >= 11 is 0. The molecule has 0 radical (unpaired) electrons. The van der Waals surface area contributed by atoms with Gasteiger partial charge in [0, 0.05) is 51.1 Å². The van der Waals surface area contributed by atoms with E-state index in [1.165, 1.54) is 0 Å². The molecule has 128 valence electrons. The van der Waals surface area contributed by atoms with Gasteiger partial charge < -0.3 is 15.0 Å². The van der Waals surface area contributed by atoms with E-state index in [4.69, 9.17) is 4.74 Å². The zero-order chi connectivity index (χ0) is 16.9. The molecule has 24 heavy (non-hydrogen) atoms. The van der Waals surface area contributed by atoms with Crippen LogP contribution >= 0.6 is 0 Å². The molecule has 1 aliphatic rings. The van der Waals surface area contributed by atoms with Gasteiger partial charge in [-0.25, -0.2) is 4.79 Å². The Morgan fingerprint density at radius 1 is 1.38 bits per heavy atom. The van der Waals surface area contributed by atoms with Gasteiger partial charge in [0.15, 0.2) is 0 Å². The molecule has 0 spiro atoms. The van der Waals surface area contributed by atoms with Gasteiger partial charge in [-0.05, 0) is 12.8 Å². The average Bonchev–Trinajstić information content (AvgIpc) is 3.01. The molecule has 1 fully saturated rings. The lowest BCUT2D eigenvalue weighted by Gasteiger charge is -2.31. The van der Waals surface area contributed by atoms with E-state index >= 15 is 0 Å². The van der Waals surface area contributed by atoms with Crippen molar-refractivity contribution in [3.63, 3.8) is 0 Å². The molecule has 1 N–H and O–H groups in total. The fourth-order valence-corrected chi connectivity index (χ4v) is 3.10. The predicted molar refractivity (Wildman–Crippen MR) is 92.5 cm³/mol. The van der Waals surface area contributed by atoms with Gasteiger partial charge in [-0.3, -0.25) is 4.68 Å². The van der Waals surface area contributed by atoms with Crippen LogP contribution in [0.5, 0.6) is 0 Å². The molecule has 1 aromatic carbocycles. The van der Waals surface area contributed by atoms with Crippen LogP contribution in [-0.2, 0) is 18.3 Å². The topological polar surface area (TPSA) is 59.4 Å². The predicted octanol–water partition coefficient (Wildman–Crippen LogP) is 2.41. The first-order valence-corrected chi connectivity index (χ1v) is 8.31. The van der Waals surface area contributed by atoms with Gasteiger partial charge >= 0.3 is 6.03 Å². The van der Waals surface area contributed by atoms with Crippen molar-refractivity contribution in [3.05, 3.63) is 42.1 Å². The third kappa shape index (κ3) is 3.76. The Bertz CT molecular complexity index is 684. The number of urea groups is 1. The number of carbonyl (C=O) groups is 1. The summed E-state index contributed by atoms with van der Waals surface area (Å²) in [7, 11) is 3.60. The second-order valence-corrected chi connectivity index (χ2v) is 6.15. The lowest BCUT2D eigenvalue weighted by Crippen LogP contribution is -2.47. The zero-order valence-electron chi connectivity index (χ0n) is 14.2. The Hall–Kier alpha value is -2.34. The van der Waals surface area contributed by atoms with E-state index < -0.39 is 0 Å². The summed E-state index contributed by atoms with van der Waals surface area (Å²) < 4.78 is 7.16. The van der Waals surface area contributed by atoms with Crippen molar-refractivity contribution in [3.8, 4) is 11.3 Å². The number of rotatable bonds is 4. The SMILES string of the molecule is CO[C@H]1CCCN(C(=O)NCc2cn(C)nc2-c2ccccc2)C1. The lowest BCUT2D eigenvalue weighted by molar-refractivity contribution is 0.0434. The number of aromatic nitrogens is 2. The highest BCUT2D eigenvalue weighted by Gasteiger charge is 2.23. The van der Waals surface area contributed by atoms with Crippen molar-refractivity contribution in [2.45, 2.75) is 25.5 Å². The van der Waals surface area contributed by atoms with Crippen molar-refractivity contribution in [2.75, 3.05) is 20.2 Å². The van der Waals surface area contributed by atoms with E-state index in [1.54, 1.807) is 11.8 Å². The number of hydrogen-bond donors (Lipinski definition) is 1. The summed E-state index contributed by atoms with van der Waals surface area (Å²) in [4.78, 5) is 14.2. The molecule has 0 unspecified atom stereocenters. The van der Waals surface area contributed by atoms with Crippen molar-refractivity contribution >= 4 is 6.03 Å². The van der Waals surface area contributed by atoms with Crippen molar-refractivity contribution in [1.82, 2.24) is 20.0 Å². The number of nitrogens with one attached hydrogen (secondary N) is 1. The van der Waals surface area contributed by atoms with Gasteiger partial charge in [-0.1, -0.05) is 30.3 Å². The second kappa shape index (κ2) is 7.49. The number of ether oxygens (including phenoxy) is 1. The molecule has 6 nitrogen and oxygen atoms in total. The van der Waals surface area contributed by atoms with Gasteiger partial charge in [-0.2, -0.15) is 5.10 Å². The number of likely N-dealkylation sites (tertiary alicyclic amines) is 1. The molecule has 0 saturated carbocycles. The molecule has 1 saturated heterocycles. The Kier molecular flexibility index (Phi) is 5.15. The molecule has 0 aliphatic carbocycles. The Morgan fingerprint density at radius 2 is 2.17 bits per heavy atom. The summed E-state index contributed by atoms with van der Waals surface area (Å²) in [5.41, 5.74) is 2.98. The molecule has 1 atom stereocenters. The minimum Gasteiger partial charge on any atom is -0.380 e. The third-order valence-electron chi connectivity index (χ3n) is 4.38. The largest absolute Gasteiger partial charge is 0.380 e. The molecule has 3 rings (SSSR count). The maximum Gasteiger partial charge on any atom is 0.317 e. The quantitative estimate of drug-likeness (QED) is 0.937. The Balaban J connectivity index is 1.66. The van der Waals surface area contributed by atoms with E-state index in [0.29, 0.717) is 13.1 Å². The minimum atomic E-state index is -0.0420. The Labute approximate surface area is 142 Å². The van der Waals surface area contributed by atoms with Crippen LogP contribution in [0.15, 0.2) is 36.5 Å². The summed E-state index contributed by atoms with van der Waals surface area (Å²) in [6.45, 7) is 1.90. The van der Waals surface area contributed by atoms with Crippen LogP contribution in [0.4, 0.5) is 4.79 Å². The summed E-state index contributed by atoms with van der Waals surface area (Å²) in [5, 5.41) is 7.54. The van der Waals surface area contributed by atoms with Crippen molar-refractivity contribution < 1.29 is 9.53 Å². The van der Waals surface area contributed by atoms with E-state index in [1.807, 2.05) is 48.5 Å². The standard InChI is InChI=1S/C18H24N4O2/c1-21-12-15(17(20-21)14-7-4-3-5-8-14)11-19-18(23)22-10-6-9-16(13-22)24-2/h3-5,7-8,12,16H,6,9-11,13H2,1-2H3,(H,19,23)/t16-/m0/s1. The van der Waals surface area contributed by atoms with Gasteiger partial charge in [0.25, 0.3) is 0 Å². The van der Waals surface area contributed by atoms with Crippen LogP contribution in [-0.4, -0.2) is 47.0 Å². The molecule has 2 heterocycles. The third-order valence-corrected chi connectivity index (χ3v) is 4.38. The smallest absolute Gasteiger partial charge is 0.317 e. The number of carbonyl (C=O) groups excluding carboxylic acids is 1. The maximum absolute atomic E-state index is 12.4. The van der Waals surface area contributed by atoms with Crippen molar-refractivity contribution in [1.29, 1.82) is 0 Å². The lowest BCUT2D eigenvalue weighted by atomic mass is 10.1. The molecule has 2 aromatic rings. The highest BCUT2D eigenvalue weighted by molar-refractivity contribution is 5.74. The number of piperidine rings is 1. The van der Waals surface area contributed by atoms with Gasteiger partial charge in [-0.15, -0.1) is 0 Å². The highest BCUT2D eigenvalue weighted by atomic mass is 16.5. The molecule has 0 bridgehead atoms. The summed E-state index contributed by atoms with van der Waals surface area (Å²) in [6, 6.07) is 9.98. The van der Waals surface area contributed by atoms with Crippen LogP contribution in [0, 0.1) is 0 Å². The molecule has 1 aromatic heterocycles. The van der Waals surface area contributed by atoms with E-state index in [0.717, 1.165) is 36.2 Å². The van der Waals surface area contributed by atoms with Crippen LogP contribution in [0.1, 0.15) is 18.4 Å². The normalized spacial score (nSPS) is 17.8. The number of nitrogens with zero attached hydrogens (tertiary/aromatic N) is 3. The minimum absolute atomic E-state index is 0.0420. The Morgan fingerprint density at radius 3 is 2.92 bits per heavy atom. The number of benzene rings is 1. The van der Waals surface area contributed by atoms with E-state index in [9.17, 15) is 4.79 Å². The summed E-state index contributed by atoms with van der Waals surface area (Å²) in [5.74, 6) is 0. The summed E-state index contributed by atoms with van der Waals surface area (Å²) in [6.07, 6.45) is 4.09. The van der Waals surface area contributed by atoms with Crippen LogP contribution in [0.2, 0.25) is 0 Å². The highest BCUT2D eigenvalue weighted by Crippen LogP contribution is 2.21. The van der Waals surface area contributed by atoms with E-state index in [2.05, 4.69) is 10.4 Å². The number of methoxy groups -OCH3 is 1. The average molecular weight is 328 g/mol. The second-order valence-electron chi connectivity index (χ2n) is 6.15. The molecular formula is C18H24N4O2. The molecular weight excluding hydrogens is 304 g/mol. The fraction of sp³-hybridized carbons (Fsp3) is 0.444. The molecule has 2 amide bonds. The number of amides is 2. The molecule has 6 heteroatoms. The van der Waals surface area contributed by atoms with Crippen LogP contribution < -0.4 is 5.32 Å². The first-order chi connectivity index (χ1) is 11.7. The first kappa shape index (κ1) is 16.5. The van der Waals surface area contributed by atoms with Crippen LogP contribution in [0.25, 0.3) is 11.3 Å². The zero-order valence-corrected chi connectivity index (χ0v) is 14.2. The number of aryl methyl sites for hydroxylation is 1. The van der Waals surface area contributed by atoms with Gasteiger partial charge in [0.05, 0.1) is 11.8 Å². The molecule has 1 aliphatic heterocycles. The fourth-order valence-electron chi connectivity index (χ4n) is 3.10. The first-order valence-electron chi connectivity index (χ1n) is 8.31. The maximum atomic E-state index is 12.4. The van der Waals surface area contributed by atoms with Gasteiger partial charge in [0.2, 0.25) is 0 Å². The van der Waals surface area contributed by atoms with Crippen molar-refractivity contribution in [2.24, 2.45) is 7.05 Å². The van der Waals surface area contributed by atoms with Gasteiger partial charge in [0.1, 0.15) is 0 Å². The number of hydrogen-bond acceptors (Lipinski definition) is 3. The van der Waals surface area contributed by atoms with Crippen LogP contribution in [0.3, 0.4) is 0 Å².